The summed E-state index contributed by atoms with van der Waals surface area (Å²) in [5.74, 6) is 1.33. The summed E-state index contributed by atoms with van der Waals surface area (Å²) in [4.78, 5) is 28.3. The van der Waals surface area contributed by atoms with Crippen molar-refractivity contribution in [1.82, 2.24) is 19.9 Å². The third-order valence-corrected chi connectivity index (χ3v) is 4.50. The number of hydrogen-bond acceptors (Lipinski definition) is 4. The zero-order chi connectivity index (χ0) is 16.8. The summed E-state index contributed by atoms with van der Waals surface area (Å²) in [6.45, 7) is 0. The van der Waals surface area contributed by atoms with E-state index in [1.165, 1.54) is 11.7 Å². The van der Waals surface area contributed by atoms with E-state index < -0.39 is 0 Å². The van der Waals surface area contributed by atoms with Gasteiger partial charge in [0, 0.05) is 11.5 Å². The van der Waals surface area contributed by atoms with Crippen LogP contribution in [0.4, 0.5) is 5.82 Å². The average Bonchev–Trinajstić information content (AvgIpc) is 3.40. The largest absolute Gasteiger partial charge is 0.334 e. The molecular formula is C19H15N5O. The monoisotopic (exact) mass is 329 g/mol. The summed E-state index contributed by atoms with van der Waals surface area (Å²) in [5, 5.41) is 5.21. The summed E-state index contributed by atoms with van der Waals surface area (Å²) in [5.41, 5.74) is 2.17. The summed E-state index contributed by atoms with van der Waals surface area (Å²) in [6.07, 6.45) is 3.33. The number of anilines is 1. The number of nitrogens with zero attached hydrogens (tertiary/aromatic N) is 3. The van der Waals surface area contributed by atoms with Gasteiger partial charge in [0.25, 0.3) is 0 Å². The van der Waals surface area contributed by atoms with Crippen LogP contribution < -0.4 is 5.32 Å². The standard InChI is InChI=1S/C19H15N5O/c25-19(12-6-7-12)24-18-15-17(20-10-21-18)23-16(22-15)14-8-5-11-3-1-2-4-13(11)9-14/h1-5,8-10,12H,6-7H2,(H2,20,21,22,23,24,25). The van der Waals surface area contributed by atoms with E-state index in [0.29, 0.717) is 22.8 Å². The maximum absolute atomic E-state index is 12.0. The van der Waals surface area contributed by atoms with Crippen LogP contribution in [0.1, 0.15) is 12.8 Å². The number of aromatic amines is 1. The fourth-order valence-electron chi connectivity index (χ4n) is 2.96. The molecule has 1 fully saturated rings. The van der Waals surface area contributed by atoms with Crippen LogP contribution >= 0.6 is 0 Å². The van der Waals surface area contributed by atoms with Crippen molar-refractivity contribution in [3.8, 4) is 11.4 Å². The van der Waals surface area contributed by atoms with Gasteiger partial charge in [-0.25, -0.2) is 15.0 Å². The Bertz CT molecular complexity index is 1110. The highest BCUT2D eigenvalue weighted by Crippen LogP contribution is 2.31. The molecule has 5 rings (SSSR count). The number of hydrogen-bond donors (Lipinski definition) is 2. The molecule has 0 radical (unpaired) electrons. The van der Waals surface area contributed by atoms with Crippen LogP contribution in [0.15, 0.2) is 48.8 Å². The van der Waals surface area contributed by atoms with E-state index in [2.05, 4.69) is 49.5 Å². The topological polar surface area (TPSA) is 83.6 Å². The van der Waals surface area contributed by atoms with Crippen LogP contribution in [-0.4, -0.2) is 25.8 Å². The van der Waals surface area contributed by atoms with E-state index in [1.807, 2.05) is 18.2 Å². The zero-order valence-electron chi connectivity index (χ0n) is 13.4. The first-order chi connectivity index (χ1) is 12.3. The van der Waals surface area contributed by atoms with Crippen molar-refractivity contribution in [2.75, 3.05) is 5.32 Å². The highest BCUT2D eigenvalue weighted by molar-refractivity contribution is 5.99. The Morgan fingerprint density at radius 1 is 1.08 bits per heavy atom. The second kappa shape index (κ2) is 5.37. The lowest BCUT2D eigenvalue weighted by Gasteiger charge is -2.03. The predicted molar refractivity (Wildman–Crippen MR) is 96.0 cm³/mol. The maximum atomic E-state index is 12.0. The number of aromatic nitrogens is 4. The van der Waals surface area contributed by atoms with Gasteiger partial charge in [0.2, 0.25) is 5.91 Å². The highest BCUT2D eigenvalue weighted by atomic mass is 16.2. The van der Waals surface area contributed by atoms with Gasteiger partial charge in [-0.1, -0.05) is 36.4 Å². The van der Waals surface area contributed by atoms with Crippen LogP contribution in [0.25, 0.3) is 33.3 Å². The fraction of sp³-hybridized carbons (Fsp3) is 0.158. The zero-order valence-corrected chi connectivity index (χ0v) is 13.4. The van der Waals surface area contributed by atoms with Crippen molar-refractivity contribution in [1.29, 1.82) is 0 Å². The van der Waals surface area contributed by atoms with Gasteiger partial charge >= 0.3 is 0 Å². The lowest BCUT2D eigenvalue weighted by atomic mass is 10.1. The second-order valence-electron chi connectivity index (χ2n) is 6.33. The molecule has 1 saturated carbocycles. The number of amides is 1. The molecular weight excluding hydrogens is 314 g/mol. The van der Waals surface area contributed by atoms with Crippen molar-refractivity contribution in [3.63, 3.8) is 0 Å². The van der Waals surface area contributed by atoms with Gasteiger partial charge in [0.05, 0.1) is 0 Å². The Balaban J connectivity index is 1.58. The van der Waals surface area contributed by atoms with Gasteiger partial charge in [-0.15, -0.1) is 0 Å². The number of rotatable bonds is 3. The highest BCUT2D eigenvalue weighted by Gasteiger charge is 2.30. The van der Waals surface area contributed by atoms with Crippen molar-refractivity contribution in [2.24, 2.45) is 5.92 Å². The molecule has 0 bridgehead atoms. The van der Waals surface area contributed by atoms with Gasteiger partial charge in [-0.2, -0.15) is 0 Å². The summed E-state index contributed by atoms with van der Waals surface area (Å²) < 4.78 is 0. The summed E-state index contributed by atoms with van der Waals surface area (Å²) in [6, 6.07) is 14.4. The predicted octanol–water partition coefficient (Wildman–Crippen LogP) is 3.52. The van der Waals surface area contributed by atoms with Gasteiger partial charge in [-0.05, 0) is 29.7 Å². The fourth-order valence-corrected chi connectivity index (χ4v) is 2.96. The van der Waals surface area contributed by atoms with E-state index in [4.69, 9.17) is 0 Å². The molecule has 2 N–H and O–H groups in total. The van der Waals surface area contributed by atoms with Crippen LogP contribution in [0.2, 0.25) is 0 Å². The molecule has 0 unspecified atom stereocenters. The van der Waals surface area contributed by atoms with Crippen LogP contribution in [0.5, 0.6) is 0 Å². The molecule has 2 heterocycles. The molecule has 1 aliphatic carbocycles. The Morgan fingerprint density at radius 2 is 1.92 bits per heavy atom. The number of H-pyrrole nitrogens is 1. The number of benzene rings is 2. The summed E-state index contributed by atoms with van der Waals surface area (Å²) in [7, 11) is 0. The first-order valence-electron chi connectivity index (χ1n) is 8.29. The maximum Gasteiger partial charge on any atom is 0.228 e. The number of fused-ring (bicyclic) bond motifs is 2. The van der Waals surface area contributed by atoms with E-state index >= 15 is 0 Å². The van der Waals surface area contributed by atoms with Crippen molar-refractivity contribution >= 4 is 33.7 Å². The number of nitrogens with one attached hydrogen (secondary N) is 2. The molecule has 2 aromatic heterocycles. The third-order valence-electron chi connectivity index (χ3n) is 4.50. The Morgan fingerprint density at radius 3 is 2.76 bits per heavy atom. The molecule has 1 aliphatic rings. The van der Waals surface area contributed by atoms with Crippen LogP contribution in [-0.2, 0) is 4.79 Å². The Kier molecular flexibility index (Phi) is 3.03. The second-order valence-corrected chi connectivity index (χ2v) is 6.33. The van der Waals surface area contributed by atoms with Crippen molar-refractivity contribution in [3.05, 3.63) is 48.8 Å². The van der Waals surface area contributed by atoms with E-state index in [9.17, 15) is 4.79 Å². The molecule has 1 amide bonds. The Hall–Kier alpha value is -3.28. The quantitative estimate of drug-likeness (QED) is 0.602. The normalized spacial score (nSPS) is 14.1. The van der Waals surface area contributed by atoms with Gasteiger partial charge in [0.15, 0.2) is 11.5 Å². The third kappa shape index (κ3) is 2.52. The smallest absolute Gasteiger partial charge is 0.228 e. The summed E-state index contributed by atoms with van der Waals surface area (Å²) >= 11 is 0. The molecule has 6 nitrogen and oxygen atoms in total. The van der Waals surface area contributed by atoms with Crippen LogP contribution in [0.3, 0.4) is 0 Å². The van der Waals surface area contributed by atoms with E-state index in [0.717, 1.165) is 23.8 Å². The minimum Gasteiger partial charge on any atom is -0.334 e. The average molecular weight is 329 g/mol. The van der Waals surface area contributed by atoms with Gasteiger partial charge < -0.3 is 10.3 Å². The van der Waals surface area contributed by atoms with E-state index in [1.54, 1.807) is 0 Å². The molecule has 0 saturated heterocycles. The van der Waals surface area contributed by atoms with Crippen LogP contribution in [0, 0.1) is 5.92 Å². The minimum absolute atomic E-state index is 0.0156. The molecule has 4 aromatic rings. The lowest BCUT2D eigenvalue weighted by Crippen LogP contribution is -2.14. The van der Waals surface area contributed by atoms with Crippen molar-refractivity contribution < 1.29 is 4.79 Å². The number of carbonyl (C=O) groups is 1. The molecule has 6 heteroatoms. The number of carbonyl (C=O) groups excluding carboxylic acids is 1. The van der Waals surface area contributed by atoms with Crippen molar-refractivity contribution in [2.45, 2.75) is 12.8 Å². The molecule has 25 heavy (non-hydrogen) atoms. The molecule has 0 spiro atoms. The lowest BCUT2D eigenvalue weighted by molar-refractivity contribution is -0.117. The SMILES string of the molecule is O=C(Nc1ncnc2nc(-c3ccc4ccccc4c3)[nH]c12)C1CC1. The molecule has 0 aliphatic heterocycles. The number of imidazole rings is 1. The molecule has 122 valence electrons. The first-order valence-corrected chi connectivity index (χ1v) is 8.29. The van der Waals surface area contributed by atoms with E-state index in [-0.39, 0.29) is 11.8 Å². The minimum atomic E-state index is 0.0156. The first kappa shape index (κ1) is 14.1. The molecule has 0 atom stereocenters. The van der Waals surface area contributed by atoms with Gasteiger partial charge in [0.1, 0.15) is 17.7 Å². The Labute approximate surface area is 143 Å². The van der Waals surface area contributed by atoms with Gasteiger partial charge in [-0.3, -0.25) is 4.79 Å². The molecule has 2 aromatic carbocycles.